The molecule has 2 aliphatic heterocycles. The summed E-state index contributed by atoms with van der Waals surface area (Å²) in [7, 11) is 0. The van der Waals surface area contributed by atoms with Crippen molar-refractivity contribution in [3.05, 3.63) is 59.9 Å². The average Bonchev–Trinajstić information content (AvgIpc) is 3.29. The quantitative estimate of drug-likeness (QED) is 0.715. The number of hydrogen-bond donors (Lipinski definition) is 2. The molecular formula is C22H22N4O3. The Morgan fingerprint density at radius 2 is 1.97 bits per heavy atom. The Bertz CT molecular complexity index is 1050. The summed E-state index contributed by atoms with van der Waals surface area (Å²) < 4.78 is 5.72. The van der Waals surface area contributed by atoms with Gasteiger partial charge in [-0.05, 0) is 37.4 Å². The summed E-state index contributed by atoms with van der Waals surface area (Å²) in [5.41, 5.74) is 1.38. The monoisotopic (exact) mass is 390 g/mol. The minimum atomic E-state index is -0.252. The number of fused-ring (bicyclic) bond motifs is 3. The molecule has 3 aromatic rings. The second kappa shape index (κ2) is 7.33. The Hall–Kier alpha value is -3.19. The molecule has 148 valence electrons. The van der Waals surface area contributed by atoms with Gasteiger partial charge in [-0.1, -0.05) is 18.2 Å². The van der Waals surface area contributed by atoms with Crippen LogP contribution in [0.5, 0.6) is 0 Å². The summed E-state index contributed by atoms with van der Waals surface area (Å²) in [6, 6.07) is 12.4. The van der Waals surface area contributed by atoms with Crippen molar-refractivity contribution in [2.24, 2.45) is 5.92 Å². The highest BCUT2D eigenvalue weighted by Gasteiger charge is 2.33. The largest absolute Gasteiger partial charge is 0.440 e. The first-order valence-corrected chi connectivity index (χ1v) is 9.93. The van der Waals surface area contributed by atoms with Crippen LogP contribution < -0.4 is 10.6 Å². The van der Waals surface area contributed by atoms with Crippen LogP contribution in [0.4, 0.5) is 5.88 Å². The number of rotatable bonds is 4. The highest BCUT2D eigenvalue weighted by molar-refractivity contribution is 6.04. The van der Waals surface area contributed by atoms with E-state index in [1.807, 2.05) is 6.07 Å². The van der Waals surface area contributed by atoms with E-state index in [4.69, 9.17) is 4.42 Å². The number of amides is 2. The smallest absolute Gasteiger partial charge is 0.270 e. The molecule has 7 nitrogen and oxygen atoms in total. The molecule has 2 bridgehead atoms. The summed E-state index contributed by atoms with van der Waals surface area (Å²) in [6.07, 6.45) is 3.85. The molecule has 7 heteroatoms. The second-order valence-electron chi connectivity index (χ2n) is 7.86. The van der Waals surface area contributed by atoms with Crippen molar-refractivity contribution < 1.29 is 14.0 Å². The predicted octanol–water partition coefficient (Wildman–Crippen LogP) is 2.90. The molecule has 2 fully saturated rings. The number of furan rings is 1. The van der Waals surface area contributed by atoms with Crippen molar-refractivity contribution in [3.8, 4) is 0 Å². The summed E-state index contributed by atoms with van der Waals surface area (Å²) in [5, 5.41) is 6.57. The van der Waals surface area contributed by atoms with Crippen molar-refractivity contribution in [2.75, 3.05) is 25.0 Å². The zero-order chi connectivity index (χ0) is 19.8. The van der Waals surface area contributed by atoms with Crippen LogP contribution in [0, 0.1) is 5.92 Å². The number of pyridine rings is 1. The molecule has 2 amide bonds. The molecule has 4 heterocycles. The standard InChI is InChI=1S/C22H22N4O3/c27-21(15-4-2-1-3-5-15)25-20-9-16-11-23-18(10-19(16)29-20)22(28)24-17-8-14-6-7-26(12-14)13-17/h1-5,9-11,14,17H,6-8,12-13H2,(H,24,28)(H,25,27)/t14-,17-/m1/s1. The third-order valence-corrected chi connectivity index (χ3v) is 5.71. The minimum Gasteiger partial charge on any atom is -0.440 e. The first-order valence-electron chi connectivity index (χ1n) is 9.93. The number of nitrogens with zero attached hydrogens (tertiary/aromatic N) is 2. The zero-order valence-corrected chi connectivity index (χ0v) is 15.9. The molecule has 2 aromatic heterocycles. The third-order valence-electron chi connectivity index (χ3n) is 5.71. The van der Waals surface area contributed by atoms with Crippen molar-refractivity contribution in [2.45, 2.75) is 18.9 Å². The Morgan fingerprint density at radius 1 is 1.10 bits per heavy atom. The first kappa shape index (κ1) is 17.9. The van der Waals surface area contributed by atoms with E-state index in [0.717, 1.165) is 31.4 Å². The molecule has 2 aliphatic rings. The lowest BCUT2D eigenvalue weighted by molar-refractivity contribution is 0.0903. The molecule has 0 saturated carbocycles. The predicted molar refractivity (Wildman–Crippen MR) is 109 cm³/mol. The Kier molecular flexibility index (Phi) is 4.52. The zero-order valence-electron chi connectivity index (χ0n) is 15.9. The summed E-state index contributed by atoms with van der Waals surface area (Å²) >= 11 is 0. The number of aromatic nitrogens is 1. The van der Waals surface area contributed by atoms with Gasteiger partial charge < -0.3 is 14.6 Å². The number of hydrogen-bond acceptors (Lipinski definition) is 5. The van der Waals surface area contributed by atoms with Gasteiger partial charge in [0.05, 0.1) is 0 Å². The number of piperidine rings is 1. The van der Waals surface area contributed by atoms with Crippen LogP contribution in [0.25, 0.3) is 11.0 Å². The van der Waals surface area contributed by atoms with E-state index in [-0.39, 0.29) is 17.9 Å². The lowest BCUT2D eigenvalue weighted by atomic mass is 9.97. The topological polar surface area (TPSA) is 87.5 Å². The molecule has 2 N–H and O–H groups in total. The van der Waals surface area contributed by atoms with Gasteiger partial charge in [0.15, 0.2) is 0 Å². The highest BCUT2D eigenvalue weighted by atomic mass is 16.4. The van der Waals surface area contributed by atoms with E-state index >= 15 is 0 Å². The van der Waals surface area contributed by atoms with Gasteiger partial charge in [0.25, 0.3) is 11.8 Å². The number of anilines is 1. The molecule has 2 saturated heterocycles. The Labute approximate surface area is 168 Å². The van der Waals surface area contributed by atoms with Gasteiger partial charge in [-0.3, -0.25) is 19.9 Å². The van der Waals surface area contributed by atoms with Crippen LogP contribution in [-0.4, -0.2) is 47.4 Å². The van der Waals surface area contributed by atoms with E-state index < -0.39 is 0 Å². The van der Waals surface area contributed by atoms with Crippen molar-refractivity contribution in [3.63, 3.8) is 0 Å². The summed E-state index contributed by atoms with van der Waals surface area (Å²) in [5.74, 6) is 0.568. The van der Waals surface area contributed by atoms with E-state index in [9.17, 15) is 9.59 Å². The minimum absolute atomic E-state index is 0.165. The van der Waals surface area contributed by atoms with Crippen molar-refractivity contribution >= 4 is 28.7 Å². The molecule has 3 atom stereocenters. The SMILES string of the molecule is O=C(Nc1cc2cnc(C(=O)N[C@@H]3C[C@H]4CCN(C4)C3)cc2o1)c1ccccc1. The fourth-order valence-corrected chi connectivity index (χ4v) is 4.32. The van der Waals surface area contributed by atoms with Crippen molar-refractivity contribution in [1.82, 2.24) is 15.2 Å². The van der Waals surface area contributed by atoms with Crippen molar-refractivity contribution in [1.29, 1.82) is 0 Å². The van der Waals surface area contributed by atoms with Gasteiger partial charge in [0, 0.05) is 48.4 Å². The van der Waals surface area contributed by atoms with Gasteiger partial charge in [-0.2, -0.15) is 0 Å². The Morgan fingerprint density at radius 3 is 2.79 bits per heavy atom. The maximum absolute atomic E-state index is 12.7. The number of benzene rings is 1. The van der Waals surface area contributed by atoms with E-state index in [0.29, 0.717) is 28.6 Å². The van der Waals surface area contributed by atoms with Crippen LogP contribution >= 0.6 is 0 Å². The fourth-order valence-electron chi connectivity index (χ4n) is 4.32. The molecular weight excluding hydrogens is 368 g/mol. The van der Waals surface area contributed by atoms with Crippen LogP contribution in [-0.2, 0) is 0 Å². The normalized spacial score (nSPS) is 23.1. The van der Waals surface area contributed by atoms with Crippen LogP contribution in [0.1, 0.15) is 33.7 Å². The lowest BCUT2D eigenvalue weighted by Crippen LogP contribution is -2.47. The number of nitrogens with one attached hydrogen (secondary N) is 2. The second-order valence-corrected chi connectivity index (χ2v) is 7.86. The molecule has 1 aromatic carbocycles. The summed E-state index contributed by atoms with van der Waals surface area (Å²) in [4.78, 5) is 31.6. The number of carbonyl (C=O) groups excluding carboxylic acids is 2. The van der Waals surface area contributed by atoms with E-state index in [1.54, 1.807) is 42.6 Å². The molecule has 0 spiro atoms. The first-order chi connectivity index (χ1) is 14.1. The highest BCUT2D eigenvalue weighted by Crippen LogP contribution is 2.27. The van der Waals surface area contributed by atoms with Crippen LogP contribution in [0.2, 0.25) is 0 Å². The molecule has 0 aliphatic carbocycles. The summed E-state index contributed by atoms with van der Waals surface area (Å²) in [6.45, 7) is 3.19. The third kappa shape index (κ3) is 3.73. The van der Waals surface area contributed by atoms with Crippen LogP contribution in [0.3, 0.4) is 0 Å². The van der Waals surface area contributed by atoms with Crippen LogP contribution in [0.15, 0.2) is 53.1 Å². The fraction of sp³-hybridized carbons (Fsp3) is 0.318. The average molecular weight is 390 g/mol. The Balaban J connectivity index is 1.29. The van der Waals surface area contributed by atoms with E-state index in [1.165, 1.54) is 6.42 Å². The molecule has 5 rings (SSSR count). The number of carbonyl (C=O) groups is 2. The van der Waals surface area contributed by atoms with Gasteiger partial charge in [-0.25, -0.2) is 0 Å². The van der Waals surface area contributed by atoms with Gasteiger partial charge in [-0.15, -0.1) is 0 Å². The van der Waals surface area contributed by atoms with Gasteiger partial charge >= 0.3 is 0 Å². The molecule has 29 heavy (non-hydrogen) atoms. The molecule has 0 radical (unpaired) electrons. The molecule has 1 unspecified atom stereocenters. The van der Waals surface area contributed by atoms with E-state index in [2.05, 4.69) is 20.5 Å². The maximum Gasteiger partial charge on any atom is 0.270 e. The lowest BCUT2D eigenvalue weighted by Gasteiger charge is -2.30. The van der Waals surface area contributed by atoms with Gasteiger partial charge in [0.1, 0.15) is 11.3 Å². The van der Waals surface area contributed by atoms with Gasteiger partial charge in [0.2, 0.25) is 5.88 Å². The maximum atomic E-state index is 12.7.